The van der Waals surface area contributed by atoms with Gasteiger partial charge in [-0.1, -0.05) is 27.7 Å². The van der Waals surface area contributed by atoms with E-state index in [1.807, 2.05) is 19.2 Å². The Hall–Kier alpha value is -0.0900. The van der Waals surface area contributed by atoms with Gasteiger partial charge < -0.3 is 0 Å². The number of nitrogens with zero attached hydrogens (tertiary/aromatic N) is 2. The van der Waals surface area contributed by atoms with Crippen molar-refractivity contribution in [3.8, 4) is 0 Å². The molecule has 0 bridgehead atoms. The number of aromatic nitrogens is 2. The minimum absolute atomic E-state index is 0.539. The Labute approximate surface area is 97.0 Å². The molecule has 0 saturated heterocycles. The van der Waals surface area contributed by atoms with Gasteiger partial charge >= 0.3 is 0 Å². The van der Waals surface area contributed by atoms with Crippen molar-refractivity contribution in [2.75, 3.05) is 11.1 Å². The fourth-order valence-electron chi connectivity index (χ4n) is 1.21. The molecule has 0 amide bonds. The van der Waals surface area contributed by atoms with Gasteiger partial charge in [0, 0.05) is 23.0 Å². The van der Waals surface area contributed by atoms with Crippen LogP contribution in [-0.4, -0.2) is 21.1 Å². The van der Waals surface area contributed by atoms with Gasteiger partial charge in [-0.2, -0.15) is 0 Å². The van der Waals surface area contributed by atoms with Gasteiger partial charge in [0.05, 0.1) is 0 Å². The summed E-state index contributed by atoms with van der Waals surface area (Å²) in [6, 6.07) is 1.93. The summed E-state index contributed by atoms with van der Waals surface area (Å²) in [7, 11) is 0. The van der Waals surface area contributed by atoms with Crippen LogP contribution in [0.15, 0.2) is 17.4 Å². The van der Waals surface area contributed by atoms with Crippen molar-refractivity contribution in [1.29, 1.82) is 0 Å². The molecule has 14 heavy (non-hydrogen) atoms. The molecular weight excluding hydrogens is 260 g/mol. The van der Waals surface area contributed by atoms with Gasteiger partial charge in [-0.3, -0.25) is 0 Å². The highest BCUT2D eigenvalue weighted by Crippen LogP contribution is 2.49. The number of hydrogen-bond donors (Lipinski definition) is 0. The second kappa shape index (κ2) is 4.19. The highest BCUT2D eigenvalue weighted by Gasteiger charge is 2.41. The zero-order valence-corrected chi connectivity index (χ0v) is 10.6. The molecule has 76 valence electrons. The van der Waals surface area contributed by atoms with Gasteiger partial charge in [0.15, 0.2) is 5.16 Å². The van der Waals surface area contributed by atoms with Crippen LogP contribution in [0.3, 0.4) is 0 Å². The molecule has 1 aromatic heterocycles. The van der Waals surface area contributed by atoms with E-state index in [-0.39, 0.29) is 0 Å². The summed E-state index contributed by atoms with van der Waals surface area (Å²) in [5.74, 6) is 1.14. The van der Waals surface area contributed by atoms with E-state index in [1.54, 1.807) is 11.8 Å². The maximum atomic E-state index is 4.37. The van der Waals surface area contributed by atoms with Crippen LogP contribution in [0.4, 0.5) is 0 Å². The van der Waals surface area contributed by atoms with Crippen LogP contribution in [0.1, 0.15) is 18.5 Å². The molecule has 0 unspecified atom stereocenters. The van der Waals surface area contributed by atoms with Gasteiger partial charge in [-0.15, -0.1) is 0 Å². The molecule has 1 aromatic rings. The van der Waals surface area contributed by atoms with E-state index in [0.29, 0.717) is 5.41 Å². The fraction of sp³-hybridized carbons (Fsp3) is 0.600. The summed E-state index contributed by atoms with van der Waals surface area (Å²) in [6.07, 6.45) is 4.52. The maximum absolute atomic E-state index is 4.37. The zero-order chi connectivity index (χ0) is 10.0. The van der Waals surface area contributed by atoms with Gasteiger partial charge in [-0.05, 0) is 31.2 Å². The van der Waals surface area contributed by atoms with Crippen LogP contribution in [0, 0.1) is 12.3 Å². The van der Waals surface area contributed by atoms with E-state index in [0.717, 1.165) is 21.9 Å². The first-order valence-electron chi connectivity index (χ1n) is 4.73. The monoisotopic (exact) mass is 272 g/mol. The SMILES string of the molecule is Cc1ccnc(SCC2(CBr)CC2)n1. The van der Waals surface area contributed by atoms with E-state index in [4.69, 9.17) is 0 Å². The second-order valence-corrected chi connectivity index (χ2v) is 5.41. The van der Waals surface area contributed by atoms with E-state index >= 15 is 0 Å². The minimum Gasteiger partial charge on any atom is -0.231 e. The summed E-state index contributed by atoms with van der Waals surface area (Å²) in [5, 5.41) is 2.02. The lowest BCUT2D eigenvalue weighted by molar-refractivity contribution is 0.684. The van der Waals surface area contributed by atoms with Gasteiger partial charge in [0.2, 0.25) is 0 Å². The third-order valence-electron chi connectivity index (χ3n) is 2.52. The molecule has 1 fully saturated rings. The number of halogens is 1. The molecule has 2 rings (SSSR count). The molecule has 0 spiro atoms. The Bertz CT molecular complexity index is 326. The molecule has 2 nitrogen and oxygen atoms in total. The van der Waals surface area contributed by atoms with Gasteiger partial charge in [0.25, 0.3) is 0 Å². The van der Waals surface area contributed by atoms with Crippen molar-refractivity contribution in [1.82, 2.24) is 9.97 Å². The molecule has 0 radical (unpaired) electrons. The minimum atomic E-state index is 0.539. The summed E-state index contributed by atoms with van der Waals surface area (Å²) < 4.78 is 0. The van der Waals surface area contributed by atoms with E-state index < -0.39 is 0 Å². The standard InChI is InChI=1S/C10H13BrN2S/c1-8-2-5-12-9(13-8)14-7-10(6-11)3-4-10/h2,5H,3-4,6-7H2,1H3. The zero-order valence-electron chi connectivity index (χ0n) is 8.16. The number of alkyl halides is 1. The van der Waals surface area contributed by atoms with E-state index in [9.17, 15) is 0 Å². The largest absolute Gasteiger partial charge is 0.231 e. The highest BCUT2D eigenvalue weighted by atomic mass is 79.9. The van der Waals surface area contributed by atoms with Gasteiger partial charge in [0.1, 0.15) is 0 Å². The van der Waals surface area contributed by atoms with Crippen LogP contribution in [0.25, 0.3) is 0 Å². The number of hydrogen-bond acceptors (Lipinski definition) is 3. The van der Waals surface area contributed by atoms with Crippen molar-refractivity contribution in [3.05, 3.63) is 18.0 Å². The maximum Gasteiger partial charge on any atom is 0.187 e. The van der Waals surface area contributed by atoms with Crippen LogP contribution in [-0.2, 0) is 0 Å². The molecule has 0 N–H and O–H groups in total. The Morgan fingerprint density at radius 3 is 2.93 bits per heavy atom. The lowest BCUT2D eigenvalue weighted by Crippen LogP contribution is -2.05. The number of aryl methyl sites for hydroxylation is 1. The third-order valence-corrected chi connectivity index (χ3v) is 4.92. The van der Waals surface area contributed by atoms with Crippen LogP contribution in [0.5, 0.6) is 0 Å². The molecule has 4 heteroatoms. The first kappa shape index (κ1) is 10.4. The summed E-state index contributed by atoms with van der Waals surface area (Å²) in [4.78, 5) is 8.62. The van der Waals surface area contributed by atoms with Crippen molar-refractivity contribution in [2.45, 2.75) is 24.9 Å². The lowest BCUT2D eigenvalue weighted by Gasteiger charge is -2.09. The quantitative estimate of drug-likeness (QED) is 0.479. The topological polar surface area (TPSA) is 25.8 Å². The van der Waals surface area contributed by atoms with E-state index in [1.165, 1.54) is 12.8 Å². The smallest absolute Gasteiger partial charge is 0.187 e. The first-order chi connectivity index (χ1) is 6.74. The van der Waals surface area contributed by atoms with Gasteiger partial charge in [-0.25, -0.2) is 9.97 Å². The fourth-order valence-corrected chi connectivity index (χ4v) is 3.40. The molecule has 0 aliphatic heterocycles. The number of thioether (sulfide) groups is 1. The van der Waals surface area contributed by atoms with E-state index in [2.05, 4.69) is 25.9 Å². The highest BCUT2D eigenvalue weighted by molar-refractivity contribution is 9.09. The summed E-state index contributed by atoms with van der Waals surface area (Å²) >= 11 is 5.34. The lowest BCUT2D eigenvalue weighted by atomic mass is 10.2. The molecule has 1 aliphatic carbocycles. The Morgan fingerprint density at radius 1 is 1.57 bits per heavy atom. The van der Waals surface area contributed by atoms with Crippen molar-refractivity contribution in [3.63, 3.8) is 0 Å². The Kier molecular flexibility index (Phi) is 3.12. The average Bonchev–Trinajstić information content (AvgIpc) is 2.96. The third kappa shape index (κ3) is 2.48. The average molecular weight is 273 g/mol. The first-order valence-corrected chi connectivity index (χ1v) is 6.83. The summed E-state index contributed by atoms with van der Waals surface area (Å²) in [6.45, 7) is 2.00. The predicted octanol–water partition coefficient (Wildman–Crippen LogP) is 3.05. The molecule has 1 heterocycles. The van der Waals surface area contributed by atoms with Crippen LogP contribution in [0.2, 0.25) is 0 Å². The Balaban J connectivity index is 1.92. The van der Waals surface area contributed by atoms with Crippen LogP contribution >= 0.6 is 27.7 Å². The normalized spacial score (nSPS) is 18.1. The molecule has 0 aromatic carbocycles. The molecule has 1 aliphatic rings. The molecular formula is C10H13BrN2S. The predicted molar refractivity (Wildman–Crippen MR) is 63.0 cm³/mol. The second-order valence-electron chi connectivity index (χ2n) is 3.90. The summed E-state index contributed by atoms with van der Waals surface area (Å²) in [5.41, 5.74) is 1.59. The molecule has 0 atom stereocenters. The van der Waals surface area contributed by atoms with Crippen molar-refractivity contribution in [2.24, 2.45) is 5.41 Å². The Morgan fingerprint density at radius 2 is 2.36 bits per heavy atom. The van der Waals surface area contributed by atoms with Crippen LogP contribution < -0.4 is 0 Å². The number of rotatable bonds is 4. The molecule has 1 saturated carbocycles. The van der Waals surface area contributed by atoms with Crippen molar-refractivity contribution >= 4 is 27.7 Å². The van der Waals surface area contributed by atoms with Crippen molar-refractivity contribution < 1.29 is 0 Å².